The molecular formula is C15H22N2. The number of hydrogen-bond acceptors (Lipinski definition) is 2. The third kappa shape index (κ3) is 1.79. The lowest BCUT2D eigenvalue weighted by atomic mass is 9.47. The highest BCUT2D eigenvalue weighted by atomic mass is 14.8. The van der Waals surface area contributed by atoms with E-state index in [0.717, 1.165) is 6.54 Å². The third-order valence-corrected chi connectivity index (χ3v) is 4.94. The second-order valence-corrected chi connectivity index (χ2v) is 6.11. The van der Waals surface area contributed by atoms with Crippen LogP contribution in [0.1, 0.15) is 50.6 Å². The Morgan fingerprint density at radius 3 is 2.47 bits per heavy atom. The summed E-state index contributed by atoms with van der Waals surface area (Å²) in [6.07, 6.45) is 11.6. The molecule has 0 atom stereocenters. The van der Waals surface area contributed by atoms with Crippen molar-refractivity contribution in [2.24, 2.45) is 11.1 Å². The fourth-order valence-electron chi connectivity index (χ4n) is 4.15. The van der Waals surface area contributed by atoms with Gasteiger partial charge in [-0.15, -0.1) is 0 Å². The van der Waals surface area contributed by atoms with Crippen molar-refractivity contribution in [2.75, 3.05) is 6.54 Å². The summed E-state index contributed by atoms with van der Waals surface area (Å²) in [6.45, 7) is 0.756. The van der Waals surface area contributed by atoms with Gasteiger partial charge in [-0.3, -0.25) is 4.98 Å². The van der Waals surface area contributed by atoms with Gasteiger partial charge in [-0.2, -0.15) is 0 Å². The molecule has 92 valence electrons. The fraction of sp³-hybridized carbons (Fsp3) is 0.667. The summed E-state index contributed by atoms with van der Waals surface area (Å²) in [6, 6.07) is 6.23. The lowest BCUT2D eigenvalue weighted by Gasteiger charge is -2.57. The van der Waals surface area contributed by atoms with Crippen molar-refractivity contribution in [3.05, 3.63) is 30.1 Å². The van der Waals surface area contributed by atoms with Crippen LogP contribution >= 0.6 is 0 Å². The average Bonchev–Trinajstić information content (AvgIpc) is 2.37. The van der Waals surface area contributed by atoms with E-state index < -0.39 is 0 Å². The van der Waals surface area contributed by atoms with Gasteiger partial charge in [0.2, 0.25) is 0 Å². The monoisotopic (exact) mass is 230 g/mol. The van der Waals surface area contributed by atoms with E-state index in [-0.39, 0.29) is 5.41 Å². The lowest BCUT2D eigenvalue weighted by Crippen LogP contribution is -2.54. The summed E-state index contributed by atoms with van der Waals surface area (Å²) in [7, 11) is 0. The molecule has 2 fully saturated rings. The minimum Gasteiger partial charge on any atom is -0.330 e. The largest absolute Gasteiger partial charge is 0.330 e. The first kappa shape index (κ1) is 11.2. The molecule has 17 heavy (non-hydrogen) atoms. The molecule has 0 aromatic carbocycles. The van der Waals surface area contributed by atoms with Gasteiger partial charge in [0, 0.05) is 23.9 Å². The van der Waals surface area contributed by atoms with E-state index in [2.05, 4.69) is 17.1 Å². The van der Waals surface area contributed by atoms with Gasteiger partial charge in [0.1, 0.15) is 0 Å². The van der Waals surface area contributed by atoms with E-state index in [1.165, 1.54) is 50.6 Å². The number of pyridine rings is 1. The van der Waals surface area contributed by atoms with Crippen LogP contribution in [0, 0.1) is 5.41 Å². The van der Waals surface area contributed by atoms with Gasteiger partial charge in [0.05, 0.1) is 0 Å². The SMILES string of the molecule is NCC1(c2ccccn2)CC2(CCCCC2)C1. The first-order valence-corrected chi connectivity index (χ1v) is 6.90. The Balaban J connectivity index is 1.79. The smallest absolute Gasteiger partial charge is 0.0478 e. The van der Waals surface area contributed by atoms with Crippen LogP contribution < -0.4 is 5.73 Å². The molecule has 0 radical (unpaired) electrons. The zero-order valence-electron chi connectivity index (χ0n) is 10.5. The van der Waals surface area contributed by atoms with Gasteiger partial charge < -0.3 is 5.73 Å². The highest BCUT2D eigenvalue weighted by Gasteiger charge is 2.54. The Kier molecular flexibility index (Phi) is 2.70. The van der Waals surface area contributed by atoms with Crippen LogP contribution in [-0.4, -0.2) is 11.5 Å². The standard InChI is InChI=1S/C15H22N2/c16-12-15(13-6-2-5-9-17-13)10-14(11-15)7-3-1-4-8-14/h2,5-6,9H,1,3-4,7-8,10-12,16H2. The van der Waals surface area contributed by atoms with Crippen LogP contribution in [0.2, 0.25) is 0 Å². The molecule has 0 bridgehead atoms. The molecule has 2 aliphatic rings. The maximum Gasteiger partial charge on any atom is 0.0478 e. The topological polar surface area (TPSA) is 38.9 Å². The van der Waals surface area contributed by atoms with Crippen LogP contribution in [0.5, 0.6) is 0 Å². The molecule has 0 amide bonds. The normalized spacial score (nSPS) is 25.5. The maximum absolute atomic E-state index is 6.05. The summed E-state index contributed by atoms with van der Waals surface area (Å²) >= 11 is 0. The molecule has 2 nitrogen and oxygen atoms in total. The minimum atomic E-state index is 0.193. The predicted molar refractivity (Wildman–Crippen MR) is 69.7 cm³/mol. The minimum absolute atomic E-state index is 0.193. The summed E-state index contributed by atoms with van der Waals surface area (Å²) in [5.41, 5.74) is 8.09. The Labute approximate surface area is 104 Å². The molecule has 1 aromatic heterocycles. The second-order valence-electron chi connectivity index (χ2n) is 6.11. The average molecular weight is 230 g/mol. The molecule has 0 aliphatic heterocycles. The molecule has 2 N–H and O–H groups in total. The maximum atomic E-state index is 6.05. The second kappa shape index (κ2) is 4.09. The first-order valence-electron chi connectivity index (χ1n) is 6.90. The van der Waals surface area contributed by atoms with E-state index >= 15 is 0 Å². The summed E-state index contributed by atoms with van der Waals surface area (Å²) in [5, 5.41) is 0. The highest BCUT2D eigenvalue weighted by Crippen LogP contribution is 2.61. The van der Waals surface area contributed by atoms with Crippen LogP contribution in [0.15, 0.2) is 24.4 Å². The molecular weight excluding hydrogens is 208 g/mol. The van der Waals surface area contributed by atoms with Gasteiger partial charge in [0.15, 0.2) is 0 Å². The van der Waals surface area contributed by atoms with E-state index in [4.69, 9.17) is 5.73 Å². The molecule has 0 saturated heterocycles. The quantitative estimate of drug-likeness (QED) is 0.848. The molecule has 1 heterocycles. The molecule has 0 unspecified atom stereocenters. The Bertz CT molecular complexity index is 371. The molecule has 1 aromatic rings. The van der Waals surface area contributed by atoms with Crippen molar-refractivity contribution in [3.63, 3.8) is 0 Å². The number of rotatable bonds is 2. The van der Waals surface area contributed by atoms with Gasteiger partial charge in [-0.1, -0.05) is 25.3 Å². The molecule has 2 saturated carbocycles. The van der Waals surface area contributed by atoms with Gasteiger partial charge in [-0.05, 0) is 43.2 Å². The van der Waals surface area contributed by atoms with Crippen molar-refractivity contribution in [1.82, 2.24) is 4.98 Å². The van der Waals surface area contributed by atoms with Crippen LogP contribution in [-0.2, 0) is 5.41 Å². The zero-order valence-corrected chi connectivity index (χ0v) is 10.5. The van der Waals surface area contributed by atoms with Crippen LogP contribution in [0.3, 0.4) is 0 Å². The molecule has 3 rings (SSSR count). The van der Waals surface area contributed by atoms with Gasteiger partial charge >= 0.3 is 0 Å². The Hall–Kier alpha value is -0.890. The summed E-state index contributed by atoms with van der Waals surface area (Å²) in [4.78, 5) is 4.54. The van der Waals surface area contributed by atoms with Crippen LogP contribution in [0.25, 0.3) is 0 Å². The highest BCUT2D eigenvalue weighted by molar-refractivity contribution is 5.25. The van der Waals surface area contributed by atoms with Crippen molar-refractivity contribution in [2.45, 2.75) is 50.4 Å². The van der Waals surface area contributed by atoms with E-state index in [9.17, 15) is 0 Å². The first-order chi connectivity index (χ1) is 8.29. The molecule has 2 heteroatoms. The number of hydrogen-bond donors (Lipinski definition) is 1. The van der Waals surface area contributed by atoms with Crippen molar-refractivity contribution >= 4 is 0 Å². The summed E-state index contributed by atoms with van der Waals surface area (Å²) < 4.78 is 0. The molecule has 2 aliphatic carbocycles. The fourth-order valence-corrected chi connectivity index (χ4v) is 4.15. The van der Waals surface area contributed by atoms with Crippen molar-refractivity contribution < 1.29 is 0 Å². The van der Waals surface area contributed by atoms with E-state index in [1.807, 2.05) is 12.3 Å². The summed E-state index contributed by atoms with van der Waals surface area (Å²) in [5.74, 6) is 0. The number of nitrogens with two attached hydrogens (primary N) is 1. The van der Waals surface area contributed by atoms with E-state index in [0.29, 0.717) is 5.41 Å². The number of nitrogens with zero attached hydrogens (tertiary/aromatic N) is 1. The zero-order chi connectivity index (χ0) is 11.8. The number of aromatic nitrogens is 1. The van der Waals surface area contributed by atoms with Gasteiger partial charge in [-0.25, -0.2) is 0 Å². The predicted octanol–water partition coefficient (Wildman–Crippen LogP) is 3.02. The van der Waals surface area contributed by atoms with Gasteiger partial charge in [0.25, 0.3) is 0 Å². The Morgan fingerprint density at radius 2 is 1.88 bits per heavy atom. The van der Waals surface area contributed by atoms with Crippen LogP contribution in [0.4, 0.5) is 0 Å². The molecule has 1 spiro atoms. The Morgan fingerprint density at radius 1 is 1.12 bits per heavy atom. The lowest BCUT2D eigenvalue weighted by molar-refractivity contribution is -0.0106. The van der Waals surface area contributed by atoms with Crippen molar-refractivity contribution in [3.8, 4) is 0 Å². The van der Waals surface area contributed by atoms with E-state index in [1.54, 1.807) is 0 Å². The van der Waals surface area contributed by atoms with Crippen molar-refractivity contribution in [1.29, 1.82) is 0 Å². The third-order valence-electron chi connectivity index (χ3n) is 4.94.